The minimum Gasteiger partial charge on any atom is -0.472 e. The van der Waals surface area contributed by atoms with Crippen LogP contribution in [0.15, 0.2) is 66.9 Å². The van der Waals surface area contributed by atoms with E-state index in [4.69, 9.17) is 4.74 Å². The van der Waals surface area contributed by atoms with E-state index in [0.29, 0.717) is 32.1 Å². The molecule has 6 nitrogen and oxygen atoms in total. The molecule has 6 heteroatoms. The van der Waals surface area contributed by atoms with Crippen molar-refractivity contribution in [2.45, 2.75) is 19.7 Å². The van der Waals surface area contributed by atoms with Gasteiger partial charge in [0.25, 0.3) is 5.91 Å². The van der Waals surface area contributed by atoms with Crippen LogP contribution in [0.25, 0.3) is 10.9 Å². The molecule has 1 amide bonds. The quantitative estimate of drug-likeness (QED) is 0.538. The van der Waals surface area contributed by atoms with E-state index in [1.165, 1.54) is 0 Å². The molecule has 146 valence electrons. The third-order valence-electron chi connectivity index (χ3n) is 5.42. The van der Waals surface area contributed by atoms with Crippen LogP contribution in [0, 0.1) is 0 Å². The maximum absolute atomic E-state index is 13.2. The fourth-order valence-electron chi connectivity index (χ4n) is 3.90. The van der Waals surface area contributed by atoms with Gasteiger partial charge in [0.1, 0.15) is 6.61 Å². The van der Waals surface area contributed by atoms with E-state index in [-0.39, 0.29) is 5.91 Å². The van der Waals surface area contributed by atoms with Gasteiger partial charge in [0, 0.05) is 36.8 Å². The van der Waals surface area contributed by atoms with Gasteiger partial charge in [-0.25, -0.2) is 0 Å². The largest absolute Gasteiger partial charge is 0.472 e. The Morgan fingerprint density at radius 1 is 1.07 bits per heavy atom. The molecule has 0 unspecified atom stereocenters. The smallest absolute Gasteiger partial charge is 0.256 e. The molecule has 0 radical (unpaired) electrons. The minimum atomic E-state index is 0.0565. The van der Waals surface area contributed by atoms with Crippen molar-refractivity contribution in [2.24, 2.45) is 7.05 Å². The lowest BCUT2D eigenvalue weighted by Gasteiger charge is -2.27. The van der Waals surface area contributed by atoms with E-state index in [9.17, 15) is 4.79 Å². The molecule has 2 aromatic carbocycles. The van der Waals surface area contributed by atoms with Crippen molar-refractivity contribution in [3.63, 3.8) is 0 Å². The third-order valence-corrected chi connectivity index (χ3v) is 5.42. The Morgan fingerprint density at radius 2 is 1.86 bits per heavy atom. The number of benzene rings is 2. The zero-order valence-corrected chi connectivity index (χ0v) is 16.3. The molecule has 1 aliphatic rings. The number of para-hydroxylation sites is 1. The van der Waals surface area contributed by atoms with E-state index in [1.54, 1.807) is 0 Å². The highest BCUT2D eigenvalue weighted by atomic mass is 16.5. The molecule has 29 heavy (non-hydrogen) atoms. The number of ether oxygens (including phenoxy) is 1. The van der Waals surface area contributed by atoms with Gasteiger partial charge in [-0.3, -0.25) is 9.48 Å². The van der Waals surface area contributed by atoms with Crippen LogP contribution in [0.5, 0.6) is 5.88 Å². The van der Waals surface area contributed by atoms with Crippen LogP contribution >= 0.6 is 0 Å². The Balaban J connectivity index is 1.33. The van der Waals surface area contributed by atoms with E-state index in [0.717, 1.165) is 27.7 Å². The molecule has 0 saturated heterocycles. The molecule has 0 atom stereocenters. The van der Waals surface area contributed by atoms with E-state index in [1.807, 2.05) is 88.1 Å². The van der Waals surface area contributed by atoms with Crippen molar-refractivity contribution in [3.8, 4) is 5.88 Å². The predicted molar refractivity (Wildman–Crippen MR) is 111 cm³/mol. The van der Waals surface area contributed by atoms with Crippen LogP contribution in [0.1, 0.15) is 21.6 Å². The molecule has 0 saturated carbocycles. The summed E-state index contributed by atoms with van der Waals surface area (Å²) in [5.41, 5.74) is 3.91. The van der Waals surface area contributed by atoms with Crippen LogP contribution in [0.3, 0.4) is 0 Å². The van der Waals surface area contributed by atoms with E-state index < -0.39 is 0 Å². The van der Waals surface area contributed by atoms with Crippen LogP contribution < -0.4 is 4.74 Å². The van der Waals surface area contributed by atoms with Crippen LogP contribution in [0.2, 0.25) is 0 Å². The van der Waals surface area contributed by atoms with Crippen molar-refractivity contribution < 1.29 is 9.53 Å². The molecule has 0 bridgehead atoms. The summed E-state index contributed by atoms with van der Waals surface area (Å²) in [5, 5.41) is 5.53. The number of hydrogen-bond donors (Lipinski definition) is 0. The number of nitrogens with zero attached hydrogens (tertiary/aromatic N) is 4. The normalized spacial score (nSPS) is 13.5. The first-order chi connectivity index (χ1) is 14.2. The number of hydrogen-bond acceptors (Lipinski definition) is 3. The fourth-order valence-corrected chi connectivity index (χ4v) is 3.90. The lowest BCUT2D eigenvalue weighted by molar-refractivity contribution is 0.0707. The molecular weight excluding hydrogens is 364 g/mol. The molecule has 0 N–H and O–H groups in total. The average molecular weight is 386 g/mol. The number of carbonyl (C=O) groups excluding carboxylic acids is 1. The topological polar surface area (TPSA) is 52.3 Å². The van der Waals surface area contributed by atoms with Crippen molar-refractivity contribution in [3.05, 3.63) is 83.7 Å². The Bertz CT molecular complexity index is 1180. The maximum Gasteiger partial charge on any atom is 0.256 e. The van der Waals surface area contributed by atoms with Gasteiger partial charge in [-0.15, -0.1) is 5.10 Å². The molecule has 2 aromatic heterocycles. The summed E-state index contributed by atoms with van der Waals surface area (Å²) in [4.78, 5) is 15.1. The number of fused-ring (bicyclic) bond motifs is 2. The summed E-state index contributed by atoms with van der Waals surface area (Å²) in [6, 6.07) is 20.0. The van der Waals surface area contributed by atoms with Crippen LogP contribution in [-0.4, -0.2) is 31.7 Å². The summed E-state index contributed by atoms with van der Waals surface area (Å²) >= 11 is 0. The second-order valence-corrected chi connectivity index (χ2v) is 7.37. The van der Waals surface area contributed by atoms with Crippen molar-refractivity contribution in [1.82, 2.24) is 19.2 Å². The molecule has 1 aliphatic heterocycles. The Hall–Kier alpha value is -3.54. The Kier molecular flexibility index (Phi) is 4.31. The molecule has 4 aromatic rings. The highest BCUT2D eigenvalue weighted by Crippen LogP contribution is 2.25. The van der Waals surface area contributed by atoms with Gasteiger partial charge >= 0.3 is 0 Å². The summed E-state index contributed by atoms with van der Waals surface area (Å²) in [7, 11) is 1.97. The zero-order chi connectivity index (χ0) is 19.8. The SMILES string of the molecule is Cn1cc(C(=O)N2CCn3nc(OCc4ccccc4)cc3C2)c2ccccc21. The maximum atomic E-state index is 13.2. The molecule has 0 aliphatic carbocycles. The fraction of sp³-hybridized carbons (Fsp3) is 0.217. The number of amides is 1. The first kappa shape index (κ1) is 17.6. The number of carbonyl (C=O) groups is 1. The van der Waals surface area contributed by atoms with Gasteiger partial charge in [0.15, 0.2) is 0 Å². The predicted octanol–water partition coefficient (Wildman–Crippen LogP) is 3.61. The lowest BCUT2D eigenvalue weighted by Crippen LogP contribution is -2.38. The Labute approximate surface area is 168 Å². The number of aromatic nitrogens is 3. The summed E-state index contributed by atoms with van der Waals surface area (Å²) in [6.45, 7) is 2.31. The lowest BCUT2D eigenvalue weighted by atomic mass is 10.1. The van der Waals surface area contributed by atoms with E-state index >= 15 is 0 Å². The minimum absolute atomic E-state index is 0.0565. The van der Waals surface area contributed by atoms with Gasteiger partial charge in [-0.1, -0.05) is 48.5 Å². The highest BCUT2D eigenvalue weighted by molar-refractivity contribution is 6.07. The average Bonchev–Trinajstić information content (AvgIpc) is 3.33. The number of rotatable bonds is 4. The Morgan fingerprint density at radius 3 is 2.72 bits per heavy atom. The summed E-state index contributed by atoms with van der Waals surface area (Å²) < 4.78 is 9.79. The first-order valence-corrected chi connectivity index (χ1v) is 9.76. The molecule has 0 fully saturated rings. The third kappa shape index (κ3) is 3.27. The van der Waals surface area contributed by atoms with Gasteiger partial charge < -0.3 is 14.2 Å². The van der Waals surface area contributed by atoms with Gasteiger partial charge in [-0.05, 0) is 11.6 Å². The van der Waals surface area contributed by atoms with Gasteiger partial charge in [0.05, 0.1) is 24.3 Å². The first-order valence-electron chi connectivity index (χ1n) is 9.76. The molecular formula is C23H22N4O2. The summed E-state index contributed by atoms with van der Waals surface area (Å²) in [6.07, 6.45) is 1.92. The standard InChI is InChI=1S/C23H22N4O2/c1-25-15-20(19-9-5-6-10-21(19)25)23(28)26-11-12-27-18(14-26)13-22(24-27)29-16-17-7-3-2-4-8-17/h2-10,13,15H,11-12,14,16H2,1H3. The number of aryl methyl sites for hydroxylation is 1. The highest BCUT2D eigenvalue weighted by Gasteiger charge is 2.25. The second kappa shape index (κ2) is 7.13. The molecule has 3 heterocycles. The second-order valence-electron chi connectivity index (χ2n) is 7.37. The van der Waals surface area contributed by atoms with Crippen molar-refractivity contribution >= 4 is 16.8 Å². The van der Waals surface area contributed by atoms with Crippen LogP contribution in [0.4, 0.5) is 0 Å². The van der Waals surface area contributed by atoms with Crippen molar-refractivity contribution in [2.75, 3.05) is 6.54 Å². The van der Waals surface area contributed by atoms with Crippen molar-refractivity contribution in [1.29, 1.82) is 0 Å². The van der Waals surface area contributed by atoms with Gasteiger partial charge in [0.2, 0.25) is 5.88 Å². The summed E-state index contributed by atoms with van der Waals surface area (Å²) in [5.74, 6) is 0.657. The monoisotopic (exact) mass is 386 g/mol. The van der Waals surface area contributed by atoms with Gasteiger partial charge in [-0.2, -0.15) is 0 Å². The van der Waals surface area contributed by atoms with Crippen LogP contribution in [-0.2, 0) is 26.7 Å². The molecule has 5 rings (SSSR count). The molecule has 0 spiro atoms. The zero-order valence-electron chi connectivity index (χ0n) is 16.3. The van der Waals surface area contributed by atoms with E-state index in [2.05, 4.69) is 5.10 Å².